The van der Waals surface area contributed by atoms with Gasteiger partial charge >= 0.3 is 0 Å². The Labute approximate surface area is 97.2 Å². The first-order chi connectivity index (χ1) is 6.85. The van der Waals surface area contributed by atoms with Crippen LogP contribution >= 0.6 is 15.9 Å². The molecule has 0 amide bonds. The average Bonchev–Trinajstić information content (AvgIpc) is 2.43. The van der Waals surface area contributed by atoms with Crippen LogP contribution in [0.1, 0.15) is 18.7 Å². The van der Waals surface area contributed by atoms with Crippen molar-refractivity contribution in [1.82, 2.24) is 9.78 Å². The van der Waals surface area contributed by atoms with Gasteiger partial charge in [0, 0.05) is 12.8 Å². The van der Waals surface area contributed by atoms with Crippen molar-refractivity contribution >= 4 is 25.8 Å². The van der Waals surface area contributed by atoms with Crippen LogP contribution in [0.3, 0.4) is 0 Å². The first kappa shape index (κ1) is 12.7. The number of sulfone groups is 1. The van der Waals surface area contributed by atoms with E-state index in [1.54, 1.807) is 10.9 Å². The Morgan fingerprint density at radius 3 is 2.73 bits per heavy atom. The first-order valence-electron chi connectivity index (χ1n) is 4.42. The molecule has 0 aliphatic heterocycles. The van der Waals surface area contributed by atoms with Crippen molar-refractivity contribution in [3.8, 4) is 0 Å². The minimum absolute atomic E-state index is 0.294. The number of aromatic nitrogens is 2. The zero-order valence-electron chi connectivity index (χ0n) is 8.51. The Kier molecular flexibility index (Phi) is 3.91. The van der Waals surface area contributed by atoms with E-state index in [9.17, 15) is 13.5 Å². The third-order valence-electron chi connectivity index (χ3n) is 1.91. The highest BCUT2D eigenvalue weighted by Gasteiger charge is 2.21. The summed E-state index contributed by atoms with van der Waals surface area (Å²) >= 11 is 3.23. The third-order valence-corrected chi connectivity index (χ3v) is 3.44. The summed E-state index contributed by atoms with van der Waals surface area (Å²) in [4.78, 5) is 0. The van der Waals surface area contributed by atoms with E-state index in [0.29, 0.717) is 16.7 Å². The number of aryl methyl sites for hydroxylation is 1. The molecule has 0 aliphatic carbocycles. The van der Waals surface area contributed by atoms with Crippen LogP contribution in [0.2, 0.25) is 0 Å². The molecule has 0 radical (unpaired) electrons. The van der Waals surface area contributed by atoms with E-state index in [4.69, 9.17) is 0 Å². The topological polar surface area (TPSA) is 72.2 Å². The summed E-state index contributed by atoms with van der Waals surface area (Å²) in [5, 5.41) is 13.8. The largest absolute Gasteiger partial charge is 0.386 e. The molecule has 86 valence electrons. The Morgan fingerprint density at radius 2 is 2.27 bits per heavy atom. The average molecular weight is 297 g/mol. The van der Waals surface area contributed by atoms with E-state index < -0.39 is 15.9 Å². The van der Waals surface area contributed by atoms with Crippen molar-refractivity contribution < 1.29 is 13.5 Å². The number of nitrogens with zero attached hydrogens (tertiary/aromatic N) is 2. The van der Waals surface area contributed by atoms with Gasteiger partial charge in [-0.1, -0.05) is 0 Å². The van der Waals surface area contributed by atoms with Gasteiger partial charge in [0.05, 0.1) is 22.1 Å². The smallest absolute Gasteiger partial charge is 0.150 e. The molecule has 5 nitrogen and oxygen atoms in total. The van der Waals surface area contributed by atoms with E-state index in [0.717, 1.165) is 6.26 Å². The molecule has 0 fully saturated rings. The van der Waals surface area contributed by atoms with Crippen LogP contribution in [-0.2, 0) is 16.4 Å². The van der Waals surface area contributed by atoms with Crippen molar-refractivity contribution in [2.24, 2.45) is 0 Å². The number of halogens is 1. The highest BCUT2D eigenvalue weighted by Crippen LogP contribution is 2.24. The molecule has 0 bridgehead atoms. The van der Waals surface area contributed by atoms with Crippen LogP contribution in [0, 0.1) is 0 Å². The summed E-state index contributed by atoms with van der Waals surface area (Å²) in [7, 11) is -3.20. The molecule has 1 atom stereocenters. The first-order valence-corrected chi connectivity index (χ1v) is 7.27. The molecule has 15 heavy (non-hydrogen) atoms. The maximum Gasteiger partial charge on any atom is 0.150 e. The lowest BCUT2D eigenvalue weighted by atomic mass is 10.3. The molecule has 0 aliphatic rings. The fraction of sp³-hybridized carbons (Fsp3) is 0.625. The molecule has 0 saturated heterocycles. The van der Waals surface area contributed by atoms with E-state index in [1.807, 2.05) is 6.92 Å². The zero-order valence-corrected chi connectivity index (χ0v) is 10.9. The second-order valence-electron chi connectivity index (χ2n) is 3.30. The summed E-state index contributed by atoms with van der Waals surface area (Å²) in [5.74, 6) is -0.294. The van der Waals surface area contributed by atoms with Gasteiger partial charge in [0.15, 0.2) is 0 Å². The molecule has 1 aromatic rings. The standard InChI is InChI=1S/C8H13BrN2O3S/c1-3-11-8(6(9)4-10-11)7(12)5-15(2,13)14/h4,7,12H,3,5H2,1-2H3. The number of aliphatic hydroxyl groups is 1. The van der Waals surface area contributed by atoms with Crippen molar-refractivity contribution in [3.05, 3.63) is 16.4 Å². The molecular weight excluding hydrogens is 284 g/mol. The minimum atomic E-state index is -3.20. The number of hydrogen-bond acceptors (Lipinski definition) is 4. The number of aliphatic hydroxyl groups excluding tert-OH is 1. The maximum absolute atomic E-state index is 11.0. The van der Waals surface area contributed by atoms with Gasteiger partial charge < -0.3 is 5.11 Å². The Morgan fingerprint density at radius 1 is 1.67 bits per heavy atom. The van der Waals surface area contributed by atoms with E-state index in [-0.39, 0.29) is 5.75 Å². The van der Waals surface area contributed by atoms with E-state index >= 15 is 0 Å². The normalized spacial score (nSPS) is 14.1. The van der Waals surface area contributed by atoms with Gasteiger partial charge in [-0.05, 0) is 22.9 Å². The Hall–Kier alpha value is -0.400. The summed E-state index contributed by atoms with van der Waals surface area (Å²) in [6.45, 7) is 2.46. The highest BCUT2D eigenvalue weighted by molar-refractivity contribution is 9.10. The predicted octanol–water partition coefficient (Wildman–Crippen LogP) is 0.744. The third kappa shape index (κ3) is 3.29. The van der Waals surface area contributed by atoms with Crippen molar-refractivity contribution in [2.75, 3.05) is 12.0 Å². The molecule has 1 rings (SSSR count). The van der Waals surface area contributed by atoms with Crippen molar-refractivity contribution in [1.29, 1.82) is 0 Å². The second kappa shape index (κ2) is 4.63. The molecule has 1 aromatic heterocycles. The van der Waals surface area contributed by atoms with Gasteiger partial charge in [-0.15, -0.1) is 0 Å². The lowest BCUT2D eigenvalue weighted by Gasteiger charge is -2.11. The van der Waals surface area contributed by atoms with Gasteiger partial charge in [-0.3, -0.25) is 4.68 Å². The van der Waals surface area contributed by atoms with Crippen molar-refractivity contribution in [2.45, 2.75) is 19.6 Å². The quantitative estimate of drug-likeness (QED) is 0.890. The van der Waals surface area contributed by atoms with E-state index in [1.165, 1.54) is 0 Å². The van der Waals surface area contributed by atoms with Gasteiger partial charge in [-0.25, -0.2) is 8.42 Å². The van der Waals surface area contributed by atoms with Crippen LogP contribution in [0.25, 0.3) is 0 Å². The van der Waals surface area contributed by atoms with Crippen molar-refractivity contribution in [3.63, 3.8) is 0 Å². The summed E-state index contributed by atoms with van der Waals surface area (Å²) in [5.41, 5.74) is 0.503. The fourth-order valence-corrected chi connectivity index (χ4v) is 2.61. The van der Waals surface area contributed by atoms with Crippen LogP contribution in [-0.4, -0.2) is 35.3 Å². The second-order valence-corrected chi connectivity index (χ2v) is 6.34. The number of rotatable bonds is 4. The maximum atomic E-state index is 11.0. The van der Waals surface area contributed by atoms with Crippen LogP contribution < -0.4 is 0 Å². The zero-order chi connectivity index (χ0) is 11.6. The minimum Gasteiger partial charge on any atom is -0.386 e. The molecule has 1 N–H and O–H groups in total. The monoisotopic (exact) mass is 296 g/mol. The SMILES string of the molecule is CCn1ncc(Br)c1C(O)CS(C)(=O)=O. The molecule has 0 saturated carbocycles. The summed E-state index contributed by atoms with van der Waals surface area (Å²) in [6, 6.07) is 0. The van der Waals surface area contributed by atoms with Crippen LogP contribution in [0.4, 0.5) is 0 Å². The lowest BCUT2D eigenvalue weighted by Crippen LogP contribution is -2.17. The highest BCUT2D eigenvalue weighted by atomic mass is 79.9. The molecule has 7 heteroatoms. The summed E-state index contributed by atoms with van der Waals surface area (Å²) < 4.78 is 24.3. The Balaban J connectivity index is 2.99. The Bertz CT molecular complexity index is 441. The molecule has 1 unspecified atom stereocenters. The van der Waals surface area contributed by atoms with Crippen LogP contribution in [0.15, 0.2) is 10.7 Å². The predicted molar refractivity (Wildman–Crippen MR) is 60.3 cm³/mol. The fourth-order valence-electron chi connectivity index (χ4n) is 1.32. The van der Waals surface area contributed by atoms with Gasteiger partial charge in [0.1, 0.15) is 15.9 Å². The van der Waals surface area contributed by atoms with Gasteiger partial charge in [-0.2, -0.15) is 5.10 Å². The number of hydrogen-bond donors (Lipinski definition) is 1. The molecule has 1 heterocycles. The molecule has 0 aromatic carbocycles. The van der Waals surface area contributed by atoms with Crippen LogP contribution in [0.5, 0.6) is 0 Å². The summed E-state index contributed by atoms with van der Waals surface area (Å²) in [6.07, 6.45) is 1.60. The van der Waals surface area contributed by atoms with Gasteiger partial charge in [0.25, 0.3) is 0 Å². The molecule has 0 spiro atoms. The van der Waals surface area contributed by atoms with E-state index in [2.05, 4.69) is 21.0 Å². The lowest BCUT2D eigenvalue weighted by molar-refractivity contribution is 0.189. The molecular formula is C8H13BrN2O3S. The van der Waals surface area contributed by atoms with Gasteiger partial charge in [0.2, 0.25) is 0 Å².